The van der Waals surface area contributed by atoms with Gasteiger partial charge in [-0.15, -0.1) is 0 Å². The van der Waals surface area contributed by atoms with Crippen LogP contribution >= 0.6 is 0 Å². The zero-order valence-corrected chi connectivity index (χ0v) is 9.96. The first-order chi connectivity index (χ1) is 8.74. The second-order valence-corrected chi connectivity index (χ2v) is 3.81. The van der Waals surface area contributed by atoms with E-state index in [1.54, 1.807) is 29.0 Å². The molecule has 0 saturated heterocycles. The number of nitrogens with zero attached hydrogens (tertiary/aromatic N) is 2. The molecule has 90 valence electrons. The number of rotatable bonds is 3. The fourth-order valence-corrected chi connectivity index (χ4v) is 1.71. The fraction of sp³-hybridized carbons (Fsp3) is 0.143. The lowest BCUT2D eigenvalue weighted by Crippen LogP contribution is -2.18. The van der Waals surface area contributed by atoms with Gasteiger partial charge in [-0.25, -0.2) is 0 Å². The average Bonchev–Trinajstić information content (AvgIpc) is 2.41. The molecular weight excluding hydrogens is 228 g/mol. The summed E-state index contributed by atoms with van der Waals surface area (Å²) in [7, 11) is 1.52. The Labute approximate surface area is 105 Å². The van der Waals surface area contributed by atoms with E-state index >= 15 is 0 Å². The van der Waals surface area contributed by atoms with Crippen LogP contribution in [-0.4, -0.2) is 11.7 Å². The lowest BCUT2D eigenvalue weighted by atomic mass is 10.1. The molecule has 0 aliphatic carbocycles. The first kappa shape index (κ1) is 11.9. The lowest BCUT2D eigenvalue weighted by Gasteiger charge is -2.08. The summed E-state index contributed by atoms with van der Waals surface area (Å²) in [6.45, 7) is 0.460. The highest BCUT2D eigenvalue weighted by atomic mass is 16.5. The molecule has 4 heteroatoms. The molecule has 4 nitrogen and oxygen atoms in total. The van der Waals surface area contributed by atoms with E-state index in [0.29, 0.717) is 17.9 Å². The smallest absolute Gasteiger partial charge is 0.250 e. The first-order valence-electron chi connectivity index (χ1n) is 5.47. The Morgan fingerprint density at radius 1 is 1.33 bits per heavy atom. The van der Waals surface area contributed by atoms with Gasteiger partial charge in [-0.1, -0.05) is 12.1 Å². The minimum atomic E-state index is -0.0548. The van der Waals surface area contributed by atoms with Crippen LogP contribution in [0.5, 0.6) is 5.75 Å². The Morgan fingerprint density at radius 3 is 2.83 bits per heavy atom. The van der Waals surface area contributed by atoms with Gasteiger partial charge in [-0.3, -0.25) is 4.79 Å². The third-order valence-electron chi connectivity index (χ3n) is 2.64. The molecule has 1 aromatic carbocycles. The molecule has 0 saturated carbocycles. The third-order valence-corrected chi connectivity index (χ3v) is 2.64. The molecule has 0 fully saturated rings. The first-order valence-corrected chi connectivity index (χ1v) is 5.47. The number of hydrogen-bond donors (Lipinski definition) is 0. The quantitative estimate of drug-likeness (QED) is 0.821. The van der Waals surface area contributed by atoms with Crippen LogP contribution in [0.25, 0.3) is 0 Å². The number of nitriles is 1. The van der Waals surface area contributed by atoms with E-state index < -0.39 is 0 Å². The molecule has 18 heavy (non-hydrogen) atoms. The van der Waals surface area contributed by atoms with Crippen LogP contribution in [0, 0.1) is 11.3 Å². The van der Waals surface area contributed by atoms with Gasteiger partial charge >= 0.3 is 0 Å². The number of methoxy groups -OCH3 is 1. The molecule has 0 aliphatic rings. The van der Waals surface area contributed by atoms with Crippen molar-refractivity contribution in [3.63, 3.8) is 0 Å². The highest BCUT2D eigenvalue weighted by molar-refractivity contribution is 5.45. The summed E-state index contributed by atoms with van der Waals surface area (Å²) in [6, 6.07) is 12.4. The average molecular weight is 240 g/mol. The summed E-state index contributed by atoms with van der Waals surface area (Å²) < 4.78 is 6.73. The number of pyridine rings is 1. The minimum Gasteiger partial charge on any atom is -0.495 e. The Morgan fingerprint density at radius 2 is 2.17 bits per heavy atom. The van der Waals surface area contributed by atoms with Crippen molar-refractivity contribution >= 4 is 0 Å². The Bertz CT molecular complexity index is 653. The van der Waals surface area contributed by atoms with Crippen LogP contribution in [0.3, 0.4) is 0 Å². The maximum atomic E-state index is 11.6. The summed E-state index contributed by atoms with van der Waals surface area (Å²) in [4.78, 5) is 11.6. The van der Waals surface area contributed by atoms with Crippen molar-refractivity contribution in [3.8, 4) is 11.8 Å². The number of benzene rings is 1. The van der Waals surface area contributed by atoms with Crippen molar-refractivity contribution in [2.45, 2.75) is 6.54 Å². The molecule has 0 spiro atoms. The van der Waals surface area contributed by atoms with E-state index in [1.807, 2.05) is 12.1 Å². The van der Waals surface area contributed by atoms with E-state index in [0.717, 1.165) is 5.56 Å². The highest BCUT2D eigenvalue weighted by Crippen LogP contribution is 2.19. The van der Waals surface area contributed by atoms with E-state index in [1.165, 1.54) is 13.2 Å². The Balaban J connectivity index is 2.34. The third kappa shape index (κ3) is 2.41. The number of hydrogen-bond acceptors (Lipinski definition) is 3. The predicted molar refractivity (Wildman–Crippen MR) is 67.5 cm³/mol. The van der Waals surface area contributed by atoms with Gasteiger partial charge in [0.25, 0.3) is 5.56 Å². The van der Waals surface area contributed by atoms with Gasteiger partial charge in [0, 0.05) is 12.3 Å². The molecule has 2 aromatic rings. The van der Waals surface area contributed by atoms with Gasteiger partial charge < -0.3 is 9.30 Å². The molecule has 0 atom stereocenters. The largest absolute Gasteiger partial charge is 0.495 e. The van der Waals surface area contributed by atoms with Crippen LogP contribution in [0.1, 0.15) is 11.1 Å². The monoisotopic (exact) mass is 240 g/mol. The summed E-state index contributed by atoms with van der Waals surface area (Å²) in [5, 5.41) is 8.89. The fourth-order valence-electron chi connectivity index (χ4n) is 1.71. The number of aromatic nitrogens is 1. The molecular formula is C14H12N2O2. The Kier molecular flexibility index (Phi) is 3.44. The van der Waals surface area contributed by atoms with Crippen molar-refractivity contribution in [2.75, 3.05) is 7.11 Å². The van der Waals surface area contributed by atoms with Crippen molar-refractivity contribution in [1.82, 2.24) is 4.57 Å². The molecule has 0 bridgehead atoms. The normalized spacial score (nSPS) is 9.78. The Hall–Kier alpha value is -2.54. The van der Waals surface area contributed by atoms with Crippen LogP contribution in [0.2, 0.25) is 0 Å². The predicted octanol–water partition coefficient (Wildman–Crippen LogP) is 1.78. The summed E-state index contributed by atoms with van der Waals surface area (Å²) in [5.41, 5.74) is 1.35. The van der Waals surface area contributed by atoms with Gasteiger partial charge in [-0.05, 0) is 23.8 Å². The van der Waals surface area contributed by atoms with Gasteiger partial charge in [0.2, 0.25) is 0 Å². The number of ether oxygens (including phenoxy) is 1. The van der Waals surface area contributed by atoms with Crippen molar-refractivity contribution in [2.24, 2.45) is 0 Å². The molecule has 0 N–H and O–H groups in total. The lowest BCUT2D eigenvalue weighted by molar-refractivity contribution is 0.413. The summed E-state index contributed by atoms with van der Waals surface area (Å²) in [5.74, 6) is 0.527. The second kappa shape index (κ2) is 5.19. The maximum Gasteiger partial charge on any atom is 0.250 e. The van der Waals surface area contributed by atoms with Gasteiger partial charge in [-0.2, -0.15) is 5.26 Å². The van der Waals surface area contributed by atoms with E-state index in [-0.39, 0.29) is 5.56 Å². The van der Waals surface area contributed by atoms with Crippen molar-refractivity contribution in [3.05, 3.63) is 64.1 Å². The van der Waals surface area contributed by atoms with Gasteiger partial charge in [0.05, 0.1) is 19.2 Å². The molecule has 1 aromatic heterocycles. The summed E-state index contributed by atoms with van der Waals surface area (Å²) in [6.07, 6.45) is 1.73. The zero-order valence-electron chi connectivity index (χ0n) is 9.96. The maximum absolute atomic E-state index is 11.6. The SMILES string of the molecule is COc1cc(Cn2ccccc2=O)ccc1C#N. The molecule has 0 aliphatic heterocycles. The van der Waals surface area contributed by atoms with Crippen LogP contribution in [0.4, 0.5) is 0 Å². The summed E-state index contributed by atoms with van der Waals surface area (Å²) >= 11 is 0. The van der Waals surface area contributed by atoms with E-state index in [4.69, 9.17) is 10.00 Å². The topological polar surface area (TPSA) is 55.0 Å². The second-order valence-electron chi connectivity index (χ2n) is 3.81. The molecule has 0 unspecified atom stereocenters. The molecule has 2 rings (SSSR count). The standard InChI is InChI=1S/C14H12N2O2/c1-18-13-8-11(5-6-12(13)9-15)10-16-7-3-2-4-14(16)17/h2-8H,10H2,1H3. The van der Waals surface area contributed by atoms with Gasteiger partial charge in [0.1, 0.15) is 11.8 Å². The van der Waals surface area contributed by atoms with E-state index in [2.05, 4.69) is 6.07 Å². The van der Waals surface area contributed by atoms with Gasteiger partial charge in [0.15, 0.2) is 0 Å². The van der Waals surface area contributed by atoms with Crippen LogP contribution in [-0.2, 0) is 6.54 Å². The van der Waals surface area contributed by atoms with Crippen molar-refractivity contribution in [1.29, 1.82) is 5.26 Å². The van der Waals surface area contributed by atoms with E-state index in [9.17, 15) is 4.79 Å². The van der Waals surface area contributed by atoms with Crippen LogP contribution in [0.15, 0.2) is 47.4 Å². The molecule has 0 amide bonds. The van der Waals surface area contributed by atoms with Crippen LogP contribution < -0.4 is 10.3 Å². The minimum absolute atomic E-state index is 0.0548. The zero-order chi connectivity index (χ0) is 13.0. The highest BCUT2D eigenvalue weighted by Gasteiger charge is 2.04. The molecule has 0 radical (unpaired) electrons. The van der Waals surface area contributed by atoms with Crippen molar-refractivity contribution < 1.29 is 4.74 Å². The molecule has 1 heterocycles.